The van der Waals surface area contributed by atoms with Crippen LogP contribution >= 0.6 is 0 Å². The van der Waals surface area contributed by atoms with Gasteiger partial charge in [-0.1, -0.05) is 30.3 Å². The van der Waals surface area contributed by atoms with Gasteiger partial charge in [-0.3, -0.25) is 0 Å². The second-order valence-corrected chi connectivity index (χ2v) is 6.86. The minimum Gasteiger partial charge on any atom is -0.439 e. The molecule has 1 heterocycles. The molecule has 0 aliphatic heterocycles. The summed E-state index contributed by atoms with van der Waals surface area (Å²) in [6, 6.07) is 19.1. The van der Waals surface area contributed by atoms with Gasteiger partial charge in [0, 0.05) is 30.3 Å². The van der Waals surface area contributed by atoms with E-state index in [0.29, 0.717) is 29.1 Å². The Morgan fingerprint density at radius 2 is 1.90 bits per heavy atom. The minimum absolute atomic E-state index is 0.184. The summed E-state index contributed by atoms with van der Waals surface area (Å²) in [6.07, 6.45) is 2.42. The number of rotatable bonds is 7. The summed E-state index contributed by atoms with van der Waals surface area (Å²) in [7, 11) is 0. The maximum atomic E-state index is 12.2. The Morgan fingerprint density at radius 1 is 1.10 bits per heavy atom. The maximum absolute atomic E-state index is 12.2. The first-order valence-corrected chi connectivity index (χ1v) is 9.67. The molecule has 2 amide bonds. The molecule has 7 nitrogen and oxygen atoms in total. The lowest BCUT2D eigenvalue weighted by Gasteiger charge is -2.09. The van der Waals surface area contributed by atoms with Crippen molar-refractivity contribution in [1.82, 2.24) is 15.3 Å². The number of benzene rings is 2. The molecule has 2 atom stereocenters. The number of ether oxygens (including phenoxy) is 1. The number of aromatic nitrogens is 2. The van der Waals surface area contributed by atoms with Crippen molar-refractivity contribution in [3.8, 4) is 11.6 Å². The average Bonchev–Trinajstić information content (AvgIpc) is 3.50. The van der Waals surface area contributed by atoms with Gasteiger partial charge in [0.1, 0.15) is 17.9 Å². The number of hydrogen-bond acceptors (Lipinski definition) is 5. The zero-order chi connectivity index (χ0) is 20.1. The van der Waals surface area contributed by atoms with Crippen molar-refractivity contribution in [2.75, 3.05) is 17.2 Å². The molecule has 1 aliphatic rings. The lowest BCUT2D eigenvalue weighted by atomic mass is 10.1. The second-order valence-electron chi connectivity index (χ2n) is 6.86. The van der Waals surface area contributed by atoms with Gasteiger partial charge in [-0.25, -0.2) is 14.8 Å². The number of hydrogen-bond donors (Lipinski definition) is 3. The van der Waals surface area contributed by atoms with Gasteiger partial charge in [0.15, 0.2) is 0 Å². The van der Waals surface area contributed by atoms with Crippen LogP contribution in [0, 0.1) is 0 Å². The molecule has 3 N–H and O–H groups in total. The molecule has 4 rings (SSSR count). The number of nitrogens with one attached hydrogen (secondary N) is 3. The Bertz CT molecular complexity index is 962. The Morgan fingerprint density at radius 3 is 2.66 bits per heavy atom. The van der Waals surface area contributed by atoms with Crippen LogP contribution in [-0.4, -0.2) is 28.6 Å². The van der Waals surface area contributed by atoms with Gasteiger partial charge in [0.05, 0.1) is 0 Å². The zero-order valence-corrected chi connectivity index (χ0v) is 16.1. The van der Waals surface area contributed by atoms with E-state index < -0.39 is 0 Å². The maximum Gasteiger partial charge on any atom is 0.319 e. The van der Waals surface area contributed by atoms with E-state index in [1.807, 2.05) is 25.1 Å². The molecule has 0 saturated heterocycles. The summed E-state index contributed by atoms with van der Waals surface area (Å²) in [4.78, 5) is 20.5. The number of carbonyl (C=O) groups excluding carboxylic acids is 1. The van der Waals surface area contributed by atoms with Gasteiger partial charge in [-0.2, -0.15) is 0 Å². The van der Waals surface area contributed by atoms with Crippen molar-refractivity contribution in [3.05, 3.63) is 72.6 Å². The van der Waals surface area contributed by atoms with Gasteiger partial charge in [-0.15, -0.1) is 0 Å². The second kappa shape index (κ2) is 8.60. The third-order valence-electron chi connectivity index (χ3n) is 4.67. The molecule has 1 fully saturated rings. The molecule has 2 aromatic carbocycles. The average molecular weight is 389 g/mol. The molecule has 1 saturated carbocycles. The molecular formula is C22H23N5O2. The van der Waals surface area contributed by atoms with Crippen molar-refractivity contribution in [2.24, 2.45) is 0 Å². The predicted octanol–water partition coefficient (Wildman–Crippen LogP) is 4.38. The molecule has 0 spiro atoms. The van der Waals surface area contributed by atoms with E-state index in [-0.39, 0.29) is 12.1 Å². The highest BCUT2D eigenvalue weighted by atomic mass is 16.5. The fourth-order valence-electron chi connectivity index (χ4n) is 3.16. The van der Waals surface area contributed by atoms with E-state index >= 15 is 0 Å². The smallest absolute Gasteiger partial charge is 0.319 e. The Balaban J connectivity index is 1.28. The van der Waals surface area contributed by atoms with Crippen molar-refractivity contribution in [1.29, 1.82) is 0 Å². The van der Waals surface area contributed by atoms with Crippen LogP contribution in [0.5, 0.6) is 11.6 Å². The molecule has 29 heavy (non-hydrogen) atoms. The Kier molecular flexibility index (Phi) is 5.56. The predicted molar refractivity (Wildman–Crippen MR) is 112 cm³/mol. The number of urea groups is 1. The van der Waals surface area contributed by atoms with Crippen LogP contribution in [0.1, 0.15) is 24.8 Å². The zero-order valence-electron chi connectivity index (χ0n) is 16.1. The lowest BCUT2D eigenvalue weighted by molar-refractivity contribution is 0.251. The largest absolute Gasteiger partial charge is 0.439 e. The van der Waals surface area contributed by atoms with Crippen LogP contribution in [0.15, 0.2) is 67.0 Å². The van der Waals surface area contributed by atoms with E-state index in [2.05, 4.69) is 38.1 Å². The van der Waals surface area contributed by atoms with E-state index in [9.17, 15) is 4.79 Å². The molecular weight excluding hydrogens is 366 g/mol. The van der Waals surface area contributed by atoms with Crippen LogP contribution < -0.4 is 20.7 Å². The lowest BCUT2D eigenvalue weighted by Crippen LogP contribution is -2.31. The van der Waals surface area contributed by atoms with Crippen LogP contribution in [-0.2, 0) is 0 Å². The van der Waals surface area contributed by atoms with Gasteiger partial charge in [0.25, 0.3) is 0 Å². The summed E-state index contributed by atoms with van der Waals surface area (Å²) in [5, 5.41) is 8.99. The fourth-order valence-corrected chi connectivity index (χ4v) is 3.16. The van der Waals surface area contributed by atoms with E-state index in [0.717, 1.165) is 13.0 Å². The quantitative estimate of drug-likeness (QED) is 0.558. The summed E-state index contributed by atoms with van der Waals surface area (Å²) in [5.74, 6) is 2.19. The standard InChI is InChI=1S/C22H23N5O2/c1-2-23-20-13-21(25-14-24-20)29-17-10-8-16(9-11-17)26-22(28)27-19-12-18(19)15-6-4-3-5-7-15/h3-11,13-14,18-19H,2,12H2,1H3,(H,23,24,25)(H2,26,27,28). The molecule has 0 radical (unpaired) electrons. The molecule has 7 heteroatoms. The van der Waals surface area contributed by atoms with E-state index in [1.165, 1.54) is 11.9 Å². The van der Waals surface area contributed by atoms with Gasteiger partial charge >= 0.3 is 6.03 Å². The molecule has 3 aromatic rings. The first kappa shape index (κ1) is 18.7. The van der Waals surface area contributed by atoms with Crippen molar-refractivity contribution >= 4 is 17.5 Å². The van der Waals surface area contributed by atoms with Crippen LogP contribution in [0.4, 0.5) is 16.3 Å². The molecule has 2 unspecified atom stereocenters. The summed E-state index contributed by atoms with van der Waals surface area (Å²) < 4.78 is 5.74. The highest BCUT2D eigenvalue weighted by molar-refractivity contribution is 5.89. The fraction of sp³-hybridized carbons (Fsp3) is 0.227. The summed E-state index contributed by atoms with van der Waals surface area (Å²) >= 11 is 0. The number of anilines is 2. The third-order valence-corrected chi connectivity index (χ3v) is 4.67. The van der Waals surface area contributed by atoms with Crippen molar-refractivity contribution < 1.29 is 9.53 Å². The number of amides is 2. The van der Waals surface area contributed by atoms with Crippen LogP contribution in [0.25, 0.3) is 0 Å². The van der Waals surface area contributed by atoms with Gasteiger partial charge in [-0.05, 0) is 43.2 Å². The molecule has 0 bridgehead atoms. The number of nitrogens with zero attached hydrogens (tertiary/aromatic N) is 2. The van der Waals surface area contributed by atoms with E-state index in [1.54, 1.807) is 30.3 Å². The minimum atomic E-state index is -0.201. The number of carbonyl (C=O) groups is 1. The van der Waals surface area contributed by atoms with Crippen LogP contribution in [0.3, 0.4) is 0 Å². The van der Waals surface area contributed by atoms with Gasteiger partial charge < -0.3 is 20.7 Å². The third kappa shape index (κ3) is 5.01. The highest BCUT2D eigenvalue weighted by Crippen LogP contribution is 2.40. The SMILES string of the molecule is CCNc1cc(Oc2ccc(NC(=O)NC3CC3c3ccccc3)cc2)ncn1. The summed E-state index contributed by atoms with van der Waals surface area (Å²) in [6.45, 7) is 2.77. The topological polar surface area (TPSA) is 88.2 Å². The molecule has 148 valence electrons. The van der Waals surface area contributed by atoms with Crippen LogP contribution in [0.2, 0.25) is 0 Å². The first-order valence-electron chi connectivity index (χ1n) is 9.67. The summed E-state index contributed by atoms with van der Waals surface area (Å²) in [5.41, 5.74) is 1.96. The normalized spacial score (nSPS) is 17.3. The highest BCUT2D eigenvalue weighted by Gasteiger charge is 2.39. The van der Waals surface area contributed by atoms with Gasteiger partial charge in [0.2, 0.25) is 5.88 Å². The Labute approximate surface area is 169 Å². The van der Waals surface area contributed by atoms with Crippen molar-refractivity contribution in [3.63, 3.8) is 0 Å². The Hall–Kier alpha value is -3.61. The van der Waals surface area contributed by atoms with Crippen molar-refractivity contribution in [2.45, 2.75) is 25.3 Å². The monoisotopic (exact) mass is 389 g/mol. The first-order chi connectivity index (χ1) is 14.2. The molecule has 1 aliphatic carbocycles. The molecule has 1 aromatic heterocycles. The van der Waals surface area contributed by atoms with E-state index in [4.69, 9.17) is 4.74 Å².